The maximum Gasteiger partial charge on any atom is 0.253 e. The molecule has 0 aromatic heterocycles. The van der Waals surface area contributed by atoms with Crippen LogP contribution in [0.4, 0.5) is 11.4 Å². The first-order chi connectivity index (χ1) is 21.6. The summed E-state index contributed by atoms with van der Waals surface area (Å²) in [5, 5.41) is 11.1. The number of halogens is 1. The quantitative estimate of drug-likeness (QED) is 0.316. The molecule has 9 nitrogen and oxygen atoms in total. The zero-order valence-electron chi connectivity index (χ0n) is 26.1. The molecule has 6 atom stereocenters. The van der Waals surface area contributed by atoms with Gasteiger partial charge >= 0.3 is 0 Å². The molecule has 10 heteroatoms. The summed E-state index contributed by atoms with van der Waals surface area (Å²) in [7, 11) is 0. The Morgan fingerprint density at radius 1 is 1.07 bits per heavy atom. The van der Waals surface area contributed by atoms with E-state index in [1.54, 1.807) is 58.4 Å². The van der Waals surface area contributed by atoms with Crippen LogP contribution < -0.4 is 14.5 Å². The second kappa shape index (κ2) is 13.4. The fraction of sp³-hybridized carbons (Fsp3) is 0.457. The average molecular weight is 636 g/mol. The highest BCUT2D eigenvalue weighted by Gasteiger charge is 2.75. The molecule has 240 valence electrons. The molecule has 1 spiro atoms. The Hall–Kier alpha value is -3.66. The van der Waals surface area contributed by atoms with E-state index in [9.17, 15) is 19.5 Å². The summed E-state index contributed by atoms with van der Waals surface area (Å²) in [5.74, 6) is -2.14. The van der Waals surface area contributed by atoms with Crippen molar-refractivity contribution in [2.45, 2.75) is 57.4 Å². The predicted molar refractivity (Wildman–Crippen MR) is 174 cm³/mol. The van der Waals surface area contributed by atoms with Crippen LogP contribution in [-0.4, -0.2) is 77.8 Å². The van der Waals surface area contributed by atoms with Gasteiger partial charge in [-0.05, 0) is 74.2 Å². The van der Waals surface area contributed by atoms with E-state index in [1.165, 1.54) is 4.90 Å². The van der Waals surface area contributed by atoms with Gasteiger partial charge in [0.05, 0.1) is 37.2 Å². The number of likely N-dealkylation sites (tertiary alicyclic amines) is 1. The van der Waals surface area contributed by atoms with Gasteiger partial charge < -0.3 is 29.3 Å². The summed E-state index contributed by atoms with van der Waals surface area (Å²) in [5.41, 5.74) is 0.00584. The molecule has 0 aliphatic carbocycles. The summed E-state index contributed by atoms with van der Waals surface area (Å²) in [6.45, 7) is 14.0. The molecule has 2 unspecified atom stereocenters. The van der Waals surface area contributed by atoms with E-state index in [4.69, 9.17) is 21.1 Å². The molecule has 45 heavy (non-hydrogen) atoms. The van der Waals surface area contributed by atoms with Gasteiger partial charge in [0.15, 0.2) is 0 Å². The number of hydrogen-bond donors (Lipinski definition) is 1. The molecule has 3 aliphatic rings. The van der Waals surface area contributed by atoms with Gasteiger partial charge in [-0.15, -0.1) is 13.2 Å². The van der Waals surface area contributed by atoms with Gasteiger partial charge in [0.25, 0.3) is 5.91 Å². The van der Waals surface area contributed by atoms with Crippen molar-refractivity contribution in [2.24, 2.45) is 17.8 Å². The molecule has 3 aliphatic heterocycles. The lowest BCUT2D eigenvalue weighted by molar-refractivity contribution is -0.145. The van der Waals surface area contributed by atoms with Crippen molar-refractivity contribution < 1.29 is 29.0 Å². The van der Waals surface area contributed by atoms with Crippen molar-refractivity contribution in [1.29, 1.82) is 0 Å². The molecule has 3 fully saturated rings. The number of anilines is 2. The summed E-state index contributed by atoms with van der Waals surface area (Å²) in [6, 6.07) is 12.4. The fourth-order valence-corrected chi connectivity index (χ4v) is 7.50. The van der Waals surface area contributed by atoms with Gasteiger partial charge in [-0.2, -0.15) is 0 Å². The largest absolute Gasteiger partial charge is 0.494 e. The number of hydrogen-bond acceptors (Lipinski definition) is 6. The number of carbonyl (C=O) groups is 3. The van der Waals surface area contributed by atoms with Crippen molar-refractivity contribution in [3.63, 3.8) is 0 Å². The van der Waals surface area contributed by atoms with Crippen LogP contribution in [0.25, 0.3) is 0 Å². The van der Waals surface area contributed by atoms with Gasteiger partial charge in [-0.3, -0.25) is 14.4 Å². The third-order valence-electron chi connectivity index (χ3n) is 9.32. The Balaban J connectivity index is 1.57. The van der Waals surface area contributed by atoms with Gasteiger partial charge in [-0.25, -0.2) is 0 Å². The molecule has 5 rings (SSSR count). The van der Waals surface area contributed by atoms with Gasteiger partial charge in [0.1, 0.15) is 17.4 Å². The minimum absolute atomic E-state index is 0.166. The maximum absolute atomic E-state index is 14.7. The third-order valence-corrected chi connectivity index (χ3v) is 9.58. The molecule has 3 saturated heterocycles. The van der Waals surface area contributed by atoms with Crippen molar-refractivity contribution in [1.82, 2.24) is 4.90 Å². The molecular weight excluding hydrogens is 594 g/mol. The summed E-state index contributed by atoms with van der Waals surface area (Å²) in [6.07, 6.45) is 3.70. The monoisotopic (exact) mass is 635 g/mol. The first kappa shape index (κ1) is 32.7. The number of nitrogens with zero attached hydrogens (tertiary/aromatic N) is 3. The van der Waals surface area contributed by atoms with Crippen LogP contribution in [0.5, 0.6) is 5.75 Å². The number of ether oxygens (including phenoxy) is 2. The number of carbonyl (C=O) groups excluding carboxylic acids is 3. The SMILES string of the molecule is C=CCN(C(=O)C1N([C@@H](CO)C(C)C)C(=O)[C@@H]2[C@@H](C(=O)N(CC=C)c3ccc(OCC)cc3)[C@H]3CCC12O3)c1ccc(Cl)cc1. The van der Waals surface area contributed by atoms with Crippen LogP contribution in [0.1, 0.15) is 33.6 Å². The molecule has 3 heterocycles. The molecule has 2 aromatic rings. The lowest BCUT2D eigenvalue weighted by Crippen LogP contribution is -2.59. The van der Waals surface area contributed by atoms with Crippen molar-refractivity contribution in [3.05, 3.63) is 78.9 Å². The summed E-state index contributed by atoms with van der Waals surface area (Å²) < 4.78 is 12.3. The predicted octanol–water partition coefficient (Wildman–Crippen LogP) is 4.87. The highest BCUT2D eigenvalue weighted by molar-refractivity contribution is 6.30. The third kappa shape index (κ3) is 5.66. The number of benzene rings is 2. The van der Waals surface area contributed by atoms with Crippen molar-refractivity contribution in [3.8, 4) is 5.75 Å². The number of rotatable bonds is 13. The van der Waals surface area contributed by atoms with E-state index in [1.807, 2.05) is 32.9 Å². The second-order valence-corrected chi connectivity index (χ2v) is 12.6. The topological polar surface area (TPSA) is 99.6 Å². The Labute approximate surface area is 270 Å². The van der Waals surface area contributed by atoms with Gasteiger partial charge in [0.2, 0.25) is 11.8 Å². The van der Waals surface area contributed by atoms with Crippen LogP contribution in [0.2, 0.25) is 5.02 Å². The number of aliphatic hydroxyl groups is 1. The molecule has 2 aromatic carbocycles. The van der Waals surface area contributed by atoms with E-state index in [-0.39, 0.29) is 43.3 Å². The van der Waals surface area contributed by atoms with Crippen LogP contribution in [-0.2, 0) is 19.1 Å². The molecule has 2 bridgehead atoms. The second-order valence-electron chi connectivity index (χ2n) is 12.2. The summed E-state index contributed by atoms with van der Waals surface area (Å²) in [4.78, 5) is 48.5. The fourth-order valence-electron chi connectivity index (χ4n) is 7.37. The standard InChI is InChI=1S/C35H42ClN3O6/c1-6-19-37(25-13-15-26(16-14-25)44-8-3)32(41)29-28-17-18-35(45-28)30(29)33(42)39(27(21-40)22(4)5)31(35)34(43)38(20-7-2)24-11-9-23(36)10-12-24/h6-7,9-16,22,27-31,40H,1-2,8,17-21H2,3-5H3/t27-,28+,29-,30-,31?,35?/m0/s1. The zero-order chi connectivity index (χ0) is 32.5. The molecular formula is C35H42ClN3O6. The maximum atomic E-state index is 14.7. The molecule has 0 saturated carbocycles. The van der Waals surface area contributed by atoms with Crippen molar-refractivity contribution >= 4 is 40.7 Å². The lowest BCUT2D eigenvalue weighted by atomic mass is 9.70. The molecule has 0 radical (unpaired) electrons. The smallest absolute Gasteiger partial charge is 0.253 e. The highest BCUT2D eigenvalue weighted by Crippen LogP contribution is 2.59. The molecule has 1 N–H and O–H groups in total. The van der Waals surface area contributed by atoms with E-state index >= 15 is 0 Å². The Morgan fingerprint density at radius 3 is 2.18 bits per heavy atom. The van der Waals surface area contributed by atoms with Gasteiger partial charge in [-0.1, -0.05) is 37.6 Å². The number of fused-ring (bicyclic) bond motifs is 1. The highest BCUT2D eigenvalue weighted by atomic mass is 35.5. The minimum atomic E-state index is -1.23. The Bertz CT molecular complexity index is 1430. The number of aliphatic hydroxyl groups excluding tert-OH is 1. The van der Waals surface area contributed by atoms with Crippen molar-refractivity contribution in [2.75, 3.05) is 36.1 Å². The average Bonchev–Trinajstić information content (AvgIpc) is 3.67. The van der Waals surface area contributed by atoms with Gasteiger partial charge in [0, 0.05) is 29.5 Å². The van der Waals surface area contributed by atoms with E-state index in [0.717, 1.165) is 0 Å². The lowest BCUT2D eigenvalue weighted by Gasteiger charge is -2.40. The van der Waals surface area contributed by atoms with Crippen LogP contribution in [0.15, 0.2) is 73.8 Å². The summed E-state index contributed by atoms with van der Waals surface area (Å²) >= 11 is 6.15. The van der Waals surface area contributed by atoms with E-state index in [2.05, 4.69) is 13.2 Å². The van der Waals surface area contributed by atoms with Crippen LogP contribution >= 0.6 is 11.6 Å². The number of amides is 3. The van der Waals surface area contributed by atoms with Crippen LogP contribution in [0.3, 0.4) is 0 Å². The first-order valence-corrected chi connectivity index (χ1v) is 15.9. The molecule has 3 amide bonds. The first-order valence-electron chi connectivity index (χ1n) is 15.6. The Kier molecular flexibility index (Phi) is 9.72. The zero-order valence-corrected chi connectivity index (χ0v) is 26.9. The van der Waals surface area contributed by atoms with E-state index in [0.29, 0.717) is 41.6 Å². The normalized spacial score (nSPS) is 25.6. The minimum Gasteiger partial charge on any atom is -0.494 e. The van der Waals surface area contributed by atoms with E-state index < -0.39 is 35.6 Å². The Morgan fingerprint density at radius 2 is 1.64 bits per heavy atom. The van der Waals surface area contributed by atoms with Crippen LogP contribution in [0, 0.1) is 17.8 Å².